The second-order valence-electron chi connectivity index (χ2n) is 6.63. The Labute approximate surface area is 122 Å². The normalized spacial score (nSPS) is 33.4. The first-order valence-electron chi connectivity index (χ1n) is 7.74. The minimum absolute atomic E-state index is 0.212. The van der Waals surface area contributed by atoms with E-state index in [4.69, 9.17) is 0 Å². The molecule has 0 amide bonds. The fraction of sp³-hybridized carbons (Fsp3) is 0.556. The molecule has 1 heterocycles. The van der Waals surface area contributed by atoms with Crippen LogP contribution in [0.1, 0.15) is 38.3 Å². The number of phenolic OH excluding ortho intramolecular Hbond substituents is 1. The van der Waals surface area contributed by atoms with Crippen molar-refractivity contribution in [2.45, 2.75) is 45.1 Å². The maximum Gasteiger partial charge on any atom is 0.115 e. The molecule has 0 spiro atoms. The minimum Gasteiger partial charge on any atom is -0.508 e. The molecule has 2 bridgehead atoms. The van der Waals surface area contributed by atoms with Crippen molar-refractivity contribution in [3.05, 3.63) is 41.5 Å². The van der Waals surface area contributed by atoms with Gasteiger partial charge in [0.2, 0.25) is 0 Å². The number of allylic oxidation sites excluding steroid dienone is 1. The quantitative estimate of drug-likeness (QED) is 0.832. The highest BCUT2D eigenvalue weighted by Crippen LogP contribution is 2.49. The molecule has 1 aliphatic carbocycles. The summed E-state index contributed by atoms with van der Waals surface area (Å²) in [6, 6.07) is 6.59. The Morgan fingerprint density at radius 2 is 2.25 bits per heavy atom. The number of piperidine rings is 1. The van der Waals surface area contributed by atoms with E-state index in [1.165, 1.54) is 17.5 Å². The van der Waals surface area contributed by atoms with E-state index in [9.17, 15) is 5.11 Å². The molecular weight excluding hydrogens is 246 g/mol. The van der Waals surface area contributed by atoms with E-state index in [1.54, 1.807) is 0 Å². The predicted molar refractivity (Wildman–Crippen MR) is 83.1 cm³/mol. The van der Waals surface area contributed by atoms with E-state index in [-0.39, 0.29) is 5.41 Å². The van der Waals surface area contributed by atoms with Gasteiger partial charge in [0.05, 0.1) is 0 Å². The van der Waals surface area contributed by atoms with E-state index in [0.29, 0.717) is 17.7 Å². The smallest absolute Gasteiger partial charge is 0.115 e. The number of likely N-dealkylation sites (tertiary alicyclic amines) is 1. The SMILES string of the molecule is C/C=C/CN1CC[C@@]2(C)c3cc(O)ccc3C[C@H]1[C@H]2C. The zero-order chi connectivity index (χ0) is 14.3. The van der Waals surface area contributed by atoms with Gasteiger partial charge in [-0.2, -0.15) is 0 Å². The third-order valence-electron chi connectivity index (χ3n) is 5.68. The third-order valence-corrected chi connectivity index (χ3v) is 5.68. The first-order chi connectivity index (χ1) is 9.56. The second-order valence-corrected chi connectivity index (χ2v) is 6.63. The Hall–Kier alpha value is -1.28. The number of phenols is 1. The summed E-state index contributed by atoms with van der Waals surface area (Å²) in [5.41, 5.74) is 3.02. The summed E-state index contributed by atoms with van der Waals surface area (Å²) < 4.78 is 0. The fourth-order valence-electron chi connectivity index (χ4n) is 4.16. The molecule has 3 atom stereocenters. The average molecular weight is 271 g/mol. The highest BCUT2D eigenvalue weighted by molar-refractivity contribution is 5.44. The summed E-state index contributed by atoms with van der Waals surface area (Å²) in [4.78, 5) is 2.63. The van der Waals surface area contributed by atoms with Crippen molar-refractivity contribution in [1.29, 1.82) is 0 Å². The third kappa shape index (κ3) is 1.98. The van der Waals surface area contributed by atoms with Crippen molar-refractivity contribution in [3.63, 3.8) is 0 Å². The Kier molecular flexibility index (Phi) is 3.37. The van der Waals surface area contributed by atoms with Crippen LogP contribution >= 0.6 is 0 Å². The second kappa shape index (κ2) is 4.92. The molecule has 20 heavy (non-hydrogen) atoms. The molecule has 0 aromatic heterocycles. The lowest BCUT2D eigenvalue weighted by Gasteiger charge is -2.54. The summed E-state index contributed by atoms with van der Waals surface area (Å²) in [6.07, 6.45) is 6.71. The van der Waals surface area contributed by atoms with Crippen molar-refractivity contribution in [2.75, 3.05) is 13.1 Å². The average Bonchev–Trinajstić information content (AvgIpc) is 2.43. The predicted octanol–water partition coefficient (Wildman–Crippen LogP) is 3.49. The molecule has 1 aliphatic heterocycles. The topological polar surface area (TPSA) is 23.5 Å². The number of nitrogens with zero attached hydrogens (tertiary/aromatic N) is 1. The molecule has 2 heteroatoms. The van der Waals surface area contributed by atoms with Gasteiger partial charge in [-0.05, 0) is 60.9 Å². The van der Waals surface area contributed by atoms with Crippen LogP contribution in [0.3, 0.4) is 0 Å². The van der Waals surface area contributed by atoms with Gasteiger partial charge in [-0.25, -0.2) is 0 Å². The Balaban J connectivity index is 1.99. The molecule has 1 aromatic rings. The Morgan fingerprint density at radius 3 is 3.00 bits per heavy atom. The van der Waals surface area contributed by atoms with Crippen molar-refractivity contribution in [3.8, 4) is 5.75 Å². The number of hydrogen-bond acceptors (Lipinski definition) is 2. The van der Waals surface area contributed by atoms with Crippen LogP contribution in [0.2, 0.25) is 0 Å². The maximum absolute atomic E-state index is 9.83. The number of rotatable bonds is 2. The van der Waals surface area contributed by atoms with Gasteiger partial charge >= 0.3 is 0 Å². The maximum atomic E-state index is 9.83. The summed E-state index contributed by atoms with van der Waals surface area (Å²) in [6.45, 7) is 9.09. The number of fused-ring (bicyclic) bond motifs is 4. The molecule has 0 saturated carbocycles. The Morgan fingerprint density at radius 1 is 1.45 bits per heavy atom. The summed E-state index contributed by atoms with van der Waals surface area (Å²) in [5.74, 6) is 1.04. The minimum atomic E-state index is 0.212. The fourth-order valence-corrected chi connectivity index (χ4v) is 4.16. The van der Waals surface area contributed by atoms with Gasteiger partial charge in [-0.3, -0.25) is 4.90 Å². The van der Waals surface area contributed by atoms with Gasteiger partial charge in [0.25, 0.3) is 0 Å². The number of aromatic hydroxyl groups is 1. The molecule has 2 nitrogen and oxygen atoms in total. The zero-order valence-corrected chi connectivity index (χ0v) is 12.8. The van der Waals surface area contributed by atoms with Crippen LogP contribution in [0.25, 0.3) is 0 Å². The molecule has 1 N–H and O–H groups in total. The van der Waals surface area contributed by atoms with Crippen LogP contribution in [-0.4, -0.2) is 29.1 Å². The van der Waals surface area contributed by atoms with Gasteiger partial charge in [-0.15, -0.1) is 0 Å². The van der Waals surface area contributed by atoms with Crippen molar-refractivity contribution >= 4 is 0 Å². The molecule has 108 valence electrons. The standard InChI is InChI=1S/C18H25NO/c1-4-5-9-19-10-8-18(3)13(2)17(19)11-14-6-7-15(20)12-16(14)18/h4-7,12-13,17,20H,8-11H2,1-3H3/b5-4+/t13-,17+,18-/m1/s1. The van der Waals surface area contributed by atoms with Crippen LogP contribution in [0.5, 0.6) is 5.75 Å². The van der Waals surface area contributed by atoms with Gasteiger partial charge < -0.3 is 5.11 Å². The van der Waals surface area contributed by atoms with Crippen molar-refractivity contribution < 1.29 is 5.11 Å². The van der Waals surface area contributed by atoms with Gasteiger partial charge in [0.15, 0.2) is 0 Å². The first-order valence-corrected chi connectivity index (χ1v) is 7.74. The lowest BCUT2D eigenvalue weighted by Crippen LogP contribution is -2.57. The molecule has 1 saturated heterocycles. The van der Waals surface area contributed by atoms with Gasteiger partial charge in [0, 0.05) is 12.6 Å². The monoisotopic (exact) mass is 271 g/mol. The molecular formula is C18H25NO. The van der Waals surface area contributed by atoms with Gasteiger partial charge in [0.1, 0.15) is 5.75 Å². The lowest BCUT2D eigenvalue weighted by molar-refractivity contribution is 0.0397. The van der Waals surface area contributed by atoms with Crippen molar-refractivity contribution in [2.24, 2.45) is 5.92 Å². The van der Waals surface area contributed by atoms with E-state index in [0.717, 1.165) is 19.5 Å². The molecule has 1 aromatic carbocycles. The highest BCUT2D eigenvalue weighted by Gasteiger charge is 2.48. The molecule has 3 rings (SSSR count). The Bertz CT molecular complexity index is 536. The summed E-state index contributed by atoms with van der Waals surface area (Å²) >= 11 is 0. The number of hydrogen-bond donors (Lipinski definition) is 1. The van der Waals surface area contributed by atoms with E-state index in [2.05, 4.69) is 43.9 Å². The van der Waals surface area contributed by atoms with Gasteiger partial charge in [-0.1, -0.05) is 32.1 Å². The largest absolute Gasteiger partial charge is 0.508 e. The molecule has 0 unspecified atom stereocenters. The highest BCUT2D eigenvalue weighted by atomic mass is 16.3. The van der Waals surface area contributed by atoms with Crippen molar-refractivity contribution in [1.82, 2.24) is 4.90 Å². The van der Waals surface area contributed by atoms with E-state index < -0.39 is 0 Å². The zero-order valence-electron chi connectivity index (χ0n) is 12.8. The van der Waals surface area contributed by atoms with Crippen LogP contribution in [-0.2, 0) is 11.8 Å². The summed E-state index contributed by atoms with van der Waals surface area (Å²) in [7, 11) is 0. The van der Waals surface area contributed by atoms with E-state index >= 15 is 0 Å². The van der Waals surface area contributed by atoms with E-state index in [1.807, 2.05) is 12.1 Å². The lowest BCUT2D eigenvalue weighted by atomic mass is 9.59. The van der Waals surface area contributed by atoms with Crippen LogP contribution in [0.15, 0.2) is 30.4 Å². The van der Waals surface area contributed by atoms with Crippen LogP contribution in [0.4, 0.5) is 0 Å². The molecule has 1 fully saturated rings. The molecule has 2 aliphatic rings. The number of benzene rings is 1. The summed E-state index contributed by atoms with van der Waals surface area (Å²) in [5, 5.41) is 9.83. The van der Waals surface area contributed by atoms with Crippen LogP contribution < -0.4 is 0 Å². The molecule has 0 radical (unpaired) electrons. The first kappa shape index (κ1) is 13.7. The van der Waals surface area contributed by atoms with Crippen LogP contribution in [0, 0.1) is 5.92 Å².